The van der Waals surface area contributed by atoms with Crippen molar-refractivity contribution in [3.8, 4) is 0 Å². The fourth-order valence-corrected chi connectivity index (χ4v) is 2.40. The van der Waals surface area contributed by atoms with Gasteiger partial charge in [0, 0.05) is 6.04 Å². The molecule has 78 valence electrons. The van der Waals surface area contributed by atoms with Crippen LogP contribution in [0.4, 0.5) is 0 Å². The average Bonchev–Trinajstić information content (AvgIpc) is 2.64. The molecular weight excluding hydrogens is 160 g/mol. The largest absolute Gasteiger partial charge is 0.271 e. The van der Waals surface area contributed by atoms with E-state index in [-0.39, 0.29) is 0 Å². The van der Waals surface area contributed by atoms with Crippen molar-refractivity contribution >= 4 is 0 Å². The second-order valence-electron chi connectivity index (χ2n) is 4.38. The third-order valence-electron chi connectivity index (χ3n) is 3.27. The minimum atomic E-state index is 0.561. The molecule has 1 unspecified atom stereocenters. The fraction of sp³-hybridized carbons (Fsp3) is 1.00. The summed E-state index contributed by atoms with van der Waals surface area (Å²) in [6.07, 6.45) is 11.0. The Balaban J connectivity index is 2.07. The van der Waals surface area contributed by atoms with E-state index >= 15 is 0 Å². The average molecular weight is 184 g/mol. The van der Waals surface area contributed by atoms with Crippen LogP contribution in [0.3, 0.4) is 0 Å². The smallest absolute Gasteiger partial charge is 0.0210 e. The van der Waals surface area contributed by atoms with Crippen molar-refractivity contribution < 1.29 is 0 Å². The Morgan fingerprint density at radius 2 is 2.00 bits per heavy atom. The van der Waals surface area contributed by atoms with Crippen LogP contribution in [0, 0.1) is 5.92 Å². The molecule has 0 aromatic rings. The predicted molar refractivity (Wildman–Crippen MR) is 57.2 cm³/mol. The molecule has 0 aromatic carbocycles. The molecule has 0 heterocycles. The van der Waals surface area contributed by atoms with E-state index in [9.17, 15) is 0 Å². The number of nitrogens with two attached hydrogens (primary N) is 1. The number of nitrogens with one attached hydrogen (secondary N) is 1. The first-order valence-electron chi connectivity index (χ1n) is 5.83. The quantitative estimate of drug-likeness (QED) is 0.492. The molecule has 0 amide bonds. The lowest BCUT2D eigenvalue weighted by molar-refractivity contribution is 0.392. The summed E-state index contributed by atoms with van der Waals surface area (Å²) in [6, 6.07) is 0.561. The van der Waals surface area contributed by atoms with E-state index in [1.54, 1.807) is 0 Å². The van der Waals surface area contributed by atoms with Crippen molar-refractivity contribution in [3.05, 3.63) is 0 Å². The van der Waals surface area contributed by atoms with Crippen LogP contribution < -0.4 is 11.3 Å². The monoisotopic (exact) mass is 184 g/mol. The highest BCUT2D eigenvalue weighted by atomic mass is 15.2. The van der Waals surface area contributed by atoms with Crippen LogP contribution in [0.2, 0.25) is 0 Å². The molecule has 1 aliphatic carbocycles. The van der Waals surface area contributed by atoms with Crippen LogP contribution in [0.15, 0.2) is 0 Å². The Morgan fingerprint density at radius 3 is 2.54 bits per heavy atom. The first-order valence-corrected chi connectivity index (χ1v) is 5.83. The van der Waals surface area contributed by atoms with E-state index < -0.39 is 0 Å². The van der Waals surface area contributed by atoms with Gasteiger partial charge in [-0.2, -0.15) is 0 Å². The molecule has 1 atom stereocenters. The molecule has 0 spiro atoms. The van der Waals surface area contributed by atoms with Crippen LogP contribution in [-0.2, 0) is 0 Å². The maximum absolute atomic E-state index is 5.49. The zero-order chi connectivity index (χ0) is 9.52. The van der Waals surface area contributed by atoms with Gasteiger partial charge in [0.15, 0.2) is 0 Å². The standard InChI is InChI=1S/C11H24N2/c1-2-5-11(13-12)9-8-10-6-3-4-7-10/h10-11,13H,2-9,12H2,1H3. The summed E-state index contributed by atoms with van der Waals surface area (Å²) in [5, 5.41) is 0. The molecule has 1 fully saturated rings. The number of rotatable bonds is 6. The second kappa shape index (κ2) is 6.39. The topological polar surface area (TPSA) is 38.0 Å². The van der Waals surface area contributed by atoms with Crippen molar-refractivity contribution in [2.75, 3.05) is 0 Å². The van der Waals surface area contributed by atoms with Gasteiger partial charge in [0.25, 0.3) is 0 Å². The third kappa shape index (κ3) is 4.10. The van der Waals surface area contributed by atoms with Gasteiger partial charge in [-0.05, 0) is 25.2 Å². The molecule has 1 saturated carbocycles. The van der Waals surface area contributed by atoms with Gasteiger partial charge in [-0.25, -0.2) is 0 Å². The lowest BCUT2D eigenvalue weighted by Crippen LogP contribution is -2.35. The van der Waals surface area contributed by atoms with Crippen LogP contribution in [0.5, 0.6) is 0 Å². The maximum Gasteiger partial charge on any atom is 0.0210 e. The van der Waals surface area contributed by atoms with E-state index in [0.29, 0.717) is 6.04 Å². The molecule has 1 rings (SSSR count). The minimum absolute atomic E-state index is 0.561. The summed E-state index contributed by atoms with van der Waals surface area (Å²) < 4.78 is 0. The van der Waals surface area contributed by atoms with Crippen molar-refractivity contribution in [1.29, 1.82) is 0 Å². The van der Waals surface area contributed by atoms with Crippen molar-refractivity contribution in [2.45, 2.75) is 64.3 Å². The van der Waals surface area contributed by atoms with E-state index in [2.05, 4.69) is 12.3 Å². The Kier molecular flexibility index (Phi) is 5.40. The number of hydrazine groups is 1. The SMILES string of the molecule is CCCC(CCC1CCCC1)NN. The molecule has 0 aliphatic heterocycles. The lowest BCUT2D eigenvalue weighted by atomic mass is 9.97. The number of hydrogen-bond donors (Lipinski definition) is 2. The van der Waals surface area contributed by atoms with Gasteiger partial charge in [-0.3, -0.25) is 11.3 Å². The maximum atomic E-state index is 5.49. The molecule has 2 heteroatoms. The Bertz CT molecular complexity index is 119. The highest BCUT2D eigenvalue weighted by Crippen LogP contribution is 2.29. The Morgan fingerprint density at radius 1 is 1.31 bits per heavy atom. The summed E-state index contributed by atoms with van der Waals surface area (Å²) in [6.45, 7) is 2.22. The normalized spacial score (nSPS) is 20.8. The van der Waals surface area contributed by atoms with Crippen molar-refractivity contribution in [1.82, 2.24) is 5.43 Å². The molecular formula is C11H24N2. The fourth-order valence-electron chi connectivity index (χ4n) is 2.40. The van der Waals surface area contributed by atoms with Gasteiger partial charge in [0.2, 0.25) is 0 Å². The van der Waals surface area contributed by atoms with Crippen LogP contribution in [0.1, 0.15) is 58.3 Å². The summed E-state index contributed by atoms with van der Waals surface area (Å²) in [5.41, 5.74) is 2.93. The van der Waals surface area contributed by atoms with Crippen molar-refractivity contribution in [2.24, 2.45) is 11.8 Å². The van der Waals surface area contributed by atoms with E-state index in [1.807, 2.05) is 0 Å². The Labute approximate surface area is 82.2 Å². The zero-order valence-corrected chi connectivity index (χ0v) is 8.89. The molecule has 0 aromatic heterocycles. The molecule has 0 bridgehead atoms. The van der Waals surface area contributed by atoms with Gasteiger partial charge in [-0.15, -0.1) is 0 Å². The van der Waals surface area contributed by atoms with Crippen LogP contribution in [0.25, 0.3) is 0 Å². The van der Waals surface area contributed by atoms with Gasteiger partial charge in [0.1, 0.15) is 0 Å². The van der Waals surface area contributed by atoms with Gasteiger partial charge >= 0.3 is 0 Å². The number of hydrogen-bond acceptors (Lipinski definition) is 2. The molecule has 0 saturated heterocycles. The highest BCUT2D eigenvalue weighted by Gasteiger charge is 2.16. The second-order valence-corrected chi connectivity index (χ2v) is 4.38. The molecule has 0 radical (unpaired) electrons. The van der Waals surface area contributed by atoms with E-state index in [4.69, 9.17) is 5.84 Å². The van der Waals surface area contributed by atoms with Crippen molar-refractivity contribution in [3.63, 3.8) is 0 Å². The summed E-state index contributed by atoms with van der Waals surface area (Å²) >= 11 is 0. The summed E-state index contributed by atoms with van der Waals surface area (Å²) in [5.74, 6) is 6.50. The van der Waals surface area contributed by atoms with Gasteiger partial charge in [0.05, 0.1) is 0 Å². The third-order valence-corrected chi connectivity index (χ3v) is 3.27. The Hall–Kier alpha value is -0.0800. The first kappa shape index (κ1) is 11.0. The molecule has 2 nitrogen and oxygen atoms in total. The van der Waals surface area contributed by atoms with Gasteiger partial charge < -0.3 is 0 Å². The molecule has 3 N–H and O–H groups in total. The van der Waals surface area contributed by atoms with Crippen LogP contribution in [-0.4, -0.2) is 6.04 Å². The zero-order valence-electron chi connectivity index (χ0n) is 8.89. The first-order chi connectivity index (χ1) is 6.36. The van der Waals surface area contributed by atoms with E-state index in [1.165, 1.54) is 51.4 Å². The van der Waals surface area contributed by atoms with Crippen LogP contribution >= 0.6 is 0 Å². The molecule has 13 heavy (non-hydrogen) atoms. The van der Waals surface area contributed by atoms with E-state index in [0.717, 1.165) is 5.92 Å². The predicted octanol–water partition coefficient (Wildman–Crippen LogP) is 2.59. The lowest BCUT2D eigenvalue weighted by Gasteiger charge is -2.17. The van der Waals surface area contributed by atoms with Gasteiger partial charge in [-0.1, -0.05) is 39.0 Å². The molecule has 1 aliphatic rings. The summed E-state index contributed by atoms with van der Waals surface area (Å²) in [7, 11) is 0. The minimum Gasteiger partial charge on any atom is -0.271 e. The summed E-state index contributed by atoms with van der Waals surface area (Å²) in [4.78, 5) is 0. The highest BCUT2D eigenvalue weighted by molar-refractivity contribution is 4.71.